The van der Waals surface area contributed by atoms with Crippen molar-refractivity contribution in [2.45, 2.75) is 30.7 Å². The van der Waals surface area contributed by atoms with Crippen LogP contribution in [0.25, 0.3) is 0 Å². The van der Waals surface area contributed by atoms with Crippen molar-refractivity contribution in [3.05, 3.63) is 66.4 Å². The molecule has 5 rings (SSSR count). The van der Waals surface area contributed by atoms with Crippen LogP contribution >= 0.6 is 0 Å². The Labute approximate surface area is 218 Å². The Morgan fingerprint density at radius 2 is 1.65 bits per heavy atom. The number of carbonyl (C=O) groups excluding carboxylic acids is 2. The fourth-order valence-electron chi connectivity index (χ4n) is 5.78. The van der Waals surface area contributed by atoms with Gasteiger partial charge in [-0.05, 0) is 74.1 Å². The van der Waals surface area contributed by atoms with Crippen molar-refractivity contribution >= 4 is 27.7 Å². The van der Waals surface area contributed by atoms with Crippen molar-refractivity contribution in [2.75, 3.05) is 44.2 Å². The van der Waals surface area contributed by atoms with E-state index in [-0.39, 0.29) is 34.6 Å². The second kappa shape index (κ2) is 10.3. The molecule has 37 heavy (non-hydrogen) atoms. The maximum absolute atomic E-state index is 13.3. The fraction of sp³-hybridized carbons (Fsp3) is 0.444. The summed E-state index contributed by atoms with van der Waals surface area (Å²) in [7, 11) is -3.64. The first-order chi connectivity index (χ1) is 17.7. The van der Waals surface area contributed by atoms with Crippen LogP contribution < -0.4 is 10.2 Å². The monoisotopic (exact) mass is 523 g/mol. The number of rotatable bonds is 6. The van der Waals surface area contributed by atoms with Gasteiger partial charge in [0.05, 0.1) is 4.90 Å². The van der Waals surface area contributed by atoms with E-state index in [1.54, 1.807) is 21.3 Å². The van der Waals surface area contributed by atoms with E-state index in [1.807, 2.05) is 25.1 Å². The number of sulfonamides is 1. The number of aryl methyl sites for hydroxylation is 1. The summed E-state index contributed by atoms with van der Waals surface area (Å²) in [4.78, 5) is 33.4. The zero-order valence-electron chi connectivity index (χ0n) is 21.0. The maximum atomic E-state index is 13.3. The van der Waals surface area contributed by atoms with Gasteiger partial charge >= 0.3 is 0 Å². The van der Waals surface area contributed by atoms with Gasteiger partial charge < -0.3 is 15.1 Å². The minimum atomic E-state index is -3.64. The van der Waals surface area contributed by atoms with Gasteiger partial charge in [0.1, 0.15) is 5.82 Å². The predicted molar refractivity (Wildman–Crippen MR) is 141 cm³/mol. The molecule has 3 heterocycles. The van der Waals surface area contributed by atoms with Gasteiger partial charge in [0, 0.05) is 56.6 Å². The van der Waals surface area contributed by atoms with Crippen LogP contribution in [-0.2, 0) is 14.8 Å². The number of fused-ring (bicyclic) bond motifs is 1. The Balaban J connectivity index is 1.17. The summed E-state index contributed by atoms with van der Waals surface area (Å²) in [5.41, 5.74) is 1.45. The number of benzene rings is 1. The molecule has 2 amide bonds. The van der Waals surface area contributed by atoms with Gasteiger partial charge in [-0.1, -0.05) is 12.6 Å². The number of pyridine rings is 1. The molecule has 196 valence electrons. The SMILES string of the molecule is C=CC(=O)NC1CC2CN(S(=O)(=O)c3ccc(C(=O)N4CCN(c5cccc(C)n5)CC4)cc3)CC2C1. The predicted octanol–water partition coefficient (Wildman–Crippen LogP) is 2.05. The highest BCUT2D eigenvalue weighted by atomic mass is 32.2. The zero-order valence-corrected chi connectivity index (χ0v) is 21.9. The number of hydrogen-bond acceptors (Lipinski definition) is 6. The molecule has 1 N–H and O–H groups in total. The molecule has 1 saturated carbocycles. The van der Waals surface area contributed by atoms with E-state index in [9.17, 15) is 18.0 Å². The van der Waals surface area contributed by atoms with E-state index in [2.05, 4.69) is 21.8 Å². The van der Waals surface area contributed by atoms with Gasteiger partial charge in [-0.3, -0.25) is 9.59 Å². The van der Waals surface area contributed by atoms with Gasteiger partial charge in [-0.15, -0.1) is 0 Å². The van der Waals surface area contributed by atoms with E-state index in [4.69, 9.17) is 0 Å². The maximum Gasteiger partial charge on any atom is 0.253 e. The van der Waals surface area contributed by atoms with Gasteiger partial charge in [-0.25, -0.2) is 13.4 Å². The van der Waals surface area contributed by atoms with Crippen molar-refractivity contribution in [3.63, 3.8) is 0 Å². The Hall–Kier alpha value is -3.24. The van der Waals surface area contributed by atoms with Crippen LogP contribution in [0.2, 0.25) is 0 Å². The van der Waals surface area contributed by atoms with Gasteiger partial charge in [0.2, 0.25) is 15.9 Å². The third-order valence-electron chi connectivity index (χ3n) is 7.75. The van der Waals surface area contributed by atoms with Gasteiger partial charge in [0.15, 0.2) is 0 Å². The van der Waals surface area contributed by atoms with Crippen LogP contribution in [0.1, 0.15) is 28.9 Å². The summed E-state index contributed by atoms with van der Waals surface area (Å²) >= 11 is 0. The van der Waals surface area contributed by atoms with Crippen LogP contribution in [0.4, 0.5) is 5.82 Å². The molecule has 2 unspecified atom stereocenters. The minimum absolute atomic E-state index is 0.0746. The summed E-state index contributed by atoms with van der Waals surface area (Å²) in [5, 5.41) is 2.93. The summed E-state index contributed by atoms with van der Waals surface area (Å²) in [6.45, 7) is 8.92. The van der Waals surface area contributed by atoms with Crippen LogP contribution in [0.3, 0.4) is 0 Å². The average Bonchev–Trinajstić information content (AvgIpc) is 3.48. The molecule has 2 aliphatic heterocycles. The van der Waals surface area contributed by atoms with Crippen molar-refractivity contribution in [3.8, 4) is 0 Å². The van der Waals surface area contributed by atoms with Crippen molar-refractivity contribution in [1.82, 2.24) is 19.5 Å². The Morgan fingerprint density at radius 3 is 2.24 bits per heavy atom. The number of anilines is 1. The Morgan fingerprint density at radius 1 is 1.00 bits per heavy atom. The molecule has 2 saturated heterocycles. The van der Waals surface area contributed by atoms with Crippen molar-refractivity contribution < 1.29 is 18.0 Å². The molecule has 0 spiro atoms. The molecule has 9 nitrogen and oxygen atoms in total. The largest absolute Gasteiger partial charge is 0.353 e. The van der Waals surface area contributed by atoms with Crippen molar-refractivity contribution in [1.29, 1.82) is 0 Å². The average molecular weight is 524 g/mol. The molecular formula is C27H33N5O4S. The van der Waals surface area contributed by atoms with Crippen LogP contribution in [0.5, 0.6) is 0 Å². The smallest absolute Gasteiger partial charge is 0.253 e. The van der Waals surface area contributed by atoms with Gasteiger partial charge in [0.25, 0.3) is 5.91 Å². The van der Waals surface area contributed by atoms with E-state index < -0.39 is 10.0 Å². The highest BCUT2D eigenvalue weighted by molar-refractivity contribution is 7.89. The lowest BCUT2D eigenvalue weighted by Gasteiger charge is -2.35. The lowest BCUT2D eigenvalue weighted by Crippen LogP contribution is -2.49. The summed E-state index contributed by atoms with van der Waals surface area (Å²) in [5.74, 6) is 1.11. The number of hydrogen-bond donors (Lipinski definition) is 1. The first-order valence-electron chi connectivity index (χ1n) is 12.8. The number of piperazine rings is 1. The molecule has 2 aromatic rings. The second-order valence-electron chi connectivity index (χ2n) is 10.2. The number of amides is 2. The molecule has 1 aliphatic carbocycles. The Kier molecular flexibility index (Phi) is 7.04. The number of aromatic nitrogens is 1. The molecule has 1 aromatic carbocycles. The quantitative estimate of drug-likeness (QED) is 0.582. The molecule has 0 bridgehead atoms. The second-order valence-corrected chi connectivity index (χ2v) is 12.1. The Bertz CT molecular complexity index is 1270. The molecule has 3 fully saturated rings. The summed E-state index contributed by atoms with van der Waals surface area (Å²) in [6.07, 6.45) is 2.82. The van der Waals surface area contributed by atoms with Gasteiger partial charge in [-0.2, -0.15) is 4.31 Å². The molecule has 2 atom stereocenters. The van der Waals surface area contributed by atoms with Crippen LogP contribution in [0.15, 0.2) is 60.0 Å². The first kappa shape index (κ1) is 25.4. The molecular weight excluding hydrogens is 490 g/mol. The van der Waals surface area contributed by atoms with E-state index in [1.165, 1.54) is 18.2 Å². The van der Waals surface area contributed by atoms with Crippen molar-refractivity contribution in [2.24, 2.45) is 11.8 Å². The first-order valence-corrected chi connectivity index (χ1v) is 14.2. The van der Waals surface area contributed by atoms with E-state index in [0.29, 0.717) is 44.8 Å². The molecule has 0 radical (unpaired) electrons. The lowest BCUT2D eigenvalue weighted by molar-refractivity contribution is -0.117. The fourth-order valence-corrected chi connectivity index (χ4v) is 7.33. The standard InChI is InChI=1S/C27H33N5O4S/c1-3-26(33)29-23-15-21-17-32(18-22(21)16-23)37(35,36)24-9-7-20(8-10-24)27(34)31-13-11-30(12-14-31)25-6-4-5-19(2)28-25/h3-10,21-23H,1,11-18H2,2H3,(H,29,33). The number of nitrogens with one attached hydrogen (secondary N) is 1. The third kappa shape index (κ3) is 5.26. The highest BCUT2D eigenvalue weighted by Gasteiger charge is 2.45. The third-order valence-corrected chi connectivity index (χ3v) is 9.60. The number of carbonyl (C=O) groups is 2. The summed E-state index contributed by atoms with van der Waals surface area (Å²) in [6, 6.07) is 12.3. The topological polar surface area (TPSA) is 103 Å². The summed E-state index contributed by atoms with van der Waals surface area (Å²) < 4.78 is 28.1. The zero-order chi connectivity index (χ0) is 26.2. The lowest BCUT2D eigenvalue weighted by atomic mass is 10.0. The van der Waals surface area contributed by atoms with E-state index in [0.717, 1.165) is 24.4 Å². The van der Waals surface area contributed by atoms with E-state index >= 15 is 0 Å². The molecule has 1 aromatic heterocycles. The molecule has 3 aliphatic rings. The number of nitrogens with zero attached hydrogens (tertiary/aromatic N) is 4. The van der Waals surface area contributed by atoms with Crippen LogP contribution in [-0.4, -0.2) is 79.7 Å². The highest BCUT2D eigenvalue weighted by Crippen LogP contribution is 2.40. The normalized spacial score (nSPS) is 24.1. The van der Waals surface area contributed by atoms with Crippen LogP contribution in [0, 0.1) is 18.8 Å². The molecule has 10 heteroatoms. The minimum Gasteiger partial charge on any atom is -0.353 e.